The van der Waals surface area contributed by atoms with Crippen molar-refractivity contribution in [2.45, 2.75) is 25.8 Å². The molecule has 0 fully saturated rings. The van der Waals surface area contributed by atoms with Crippen LogP contribution in [0.5, 0.6) is 0 Å². The van der Waals surface area contributed by atoms with Gasteiger partial charge >= 0.3 is 6.03 Å². The molecule has 7 nitrogen and oxygen atoms in total. The first-order chi connectivity index (χ1) is 15.6. The maximum atomic E-state index is 13.1. The lowest BCUT2D eigenvalue weighted by Crippen LogP contribution is -2.48. The van der Waals surface area contributed by atoms with E-state index >= 15 is 0 Å². The first kappa shape index (κ1) is 22.9. The van der Waals surface area contributed by atoms with Gasteiger partial charge < -0.3 is 20.9 Å². The molecule has 3 N–H and O–H groups in total. The molecule has 2 aromatic carbocycles. The summed E-state index contributed by atoms with van der Waals surface area (Å²) in [6.45, 7) is 1.11. The highest BCUT2D eigenvalue weighted by molar-refractivity contribution is 5.97. The standard InChI is InChI=1S/C25H29N5O2/c1-27-23-20(12-8-9-15-26)17-30(25(32)29-21-13-6-3-7-14-21)18-22(23)24(31)28-16-19-10-4-2-5-11-19/h2-7,10-11,13-14,20,27H,8-9,12,16-18H2,1H3,(H,28,31)(H,29,32). The molecule has 0 aliphatic carbocycles. The predicted molar refractivity (Wildman–Crippen MR) is 124 cm³/mol. The Morgan fingerprint density at radius 1 is 1.09 bits per heavy atom. The highest BCUT2D eigenvalue weighted by atomic mass is 16.2. The second kappa shape index (κ2) is 11.6. The van der Waals surface area contributed by atoms with Gasteiger partial charge in [0, 0.05) is 43.9 Å². The average Bonchev–Trinajstić information content (AvgIpc) is 2.83. The van der Waals surface area contributed by atoms with Crippen LogP contribution in [0, 0.1) is 17.2 Å². The third kappa shape index (κ3) is 6.11. The third-order valence-corrected chi connectivity index (χ3v) is 5.52. The summed E-state index contributed by atoms with van der Waals surface area (Å²) >= 11 is 0. The summed E-state index contributed by atoms with van der Waals surface area (Å²) < 4.78 is 0. The van der Waals surface area contributed by atoms with Gasteiger partial charge in [-0.15, -0.1) is 0 Å². The van der Waals surface area contributed by atoms with Crippen LogP contribution >= 0.6 is 0 Å². The zero-order valence-electron chi connectivity index (χ0n) is 18.3. The van der Waals surface area contributed by atoms with Crippen LogP contribution in [-0.4, -0.2) is 37.0 Å². The van der Waals surface area contributed by atoms with Gasteiger partial charge in [0.15, 0.2) is 0 Å². The summed E-state index contributed by atoms with van der Waals surface area (Å²) in [5.41, 5.74) is 3.11. The molecule has 0 saturated carbocycles. The number of rotatable bonds is 8. The number of anilines is 1. The van der Waals surface area contributed by atoms with E-state index < -0.39 is 0 Å². The number of urea groups is 1. The van der Waals surface area contributed by atoms with Crippen LogP contribution in [0.25, 0.3) is 0 Å². The van der Waals surface area contributed by atoms with Crippen molar-refractivity contribution in [3.63, 3.8) is 0 Å². The molecule has 0 spiro atoms. The number of hydrogen-bond acceptors (Lipinski definition) is 4. The van der Waals surface area contributed by atoms with E-state index in [-0.39, 0.29) is 24.4 Å². The van der Waals surface area contributed by atoms with Crippen molar-refractivity contribution < 1.29 is 9.59 Å². The lowest BCUT2D eigenvalue weighted by atomic mass is 9.90. The number of nitrogens with zero attached hydrogens (tertiary/aromatic N) is 2. The van der Waals surface area contributed by atoms with Crippen LogP contribution in [0.3, 0.4) is 0 Å². The number of carbonyl (C=O) groups excluding carboxylic acids is 2. The first-order valence-corrected chi connectivity index (χ1v) is 10.8. The lowest BCUT2D eigenvalue weighted by molar-refractivity contribution is -0.118. The Kier molecular flexibility index (Phi) is 8.27. The number of nitriles is 1. The van der Waals surface area contributed by atoms with E-state index in [2.05, 4.69) is 22.0 Å². The van der Waals surface area contributed by atoms with Gasteiger partial charge in [-0.3, -0.25) is 4.79 Å². The average molecular weight is 432 g/mol. The van der Waals surface area contributed by atoms with Crippen molar-refractivity contribution in [1.82, 2.24) is 15.5 Å². The smallest absolute Gasteiger partial charge is 0.322 e. The maximum Gasteiger partial charge on any atom is 0.322 e. The molecule has 0 saturated heterocycles. The van der Waals surface area contributed by atoms with Crippen molar-refractivity contribution in [3.8, 4) is 6.07 Å². The Morgan fingerprint density at radius 2 is 1.78 bits per heavy atom. The molecular weight excluding hydrogens is 402 g/mol. The van der Waals surface area contributed by atoms with E-state index in [0.717, 1.165) is 11.3 Å². The molecule has 1 aliphatic rings. The molecule has 0 bridgehead atoms. The molecule has 7 heteroatoms. The van der Waals surface area contributed by atoms with Gasteiger partial charge in [-0.05, 0) is 30.5 Å². The van der Waals surface area contributed by atoms with Crippen LogP contribution in [-0.2, 0) is 11.3 Å². The largest absolute Gasteiger partial charge is 0.391 e. The minimum Gasteiger partial charge on any atom is -0.391 e. The zero-order chi connectivity index (χ0) is 22.8. The van der Waals surface area contributed by atoms with Crippen molar-refractivity contribution >= 4 is 17.6 Å². The SMILES string of the molecule is CNC1=C(C(=O)NCc2ccccc2)CN(C(=O)Nc2ccccc2)CC1CCCC#N. The molecule has 3 rings (SSSR count). The molecule has 32 heavy (non-hydrogen) atoms. The van der Waals surface area contributed by atoms with Crippen LogP contribution in [0.1, 0.15) is 24.8 Å². The molecule has 1 atom stereocenters. The van der Waals surface area contributed by atoms with Crippen LogP contribution in [0.15, 0.2) is 71.9 Å². The Balaban J connectivity index is 1.78. The highest BCUT2D eigenvalue weighted by Gasteiger charge is 2.32. The maximum absolute atomic E-state index is 13.1. The van der Waals surface area contributed by atoms with Gasteiger partial charge in [-0.1, -0.05) is 48.5 Å². The van der Waals surface area contributed by atoms with Crippen LogP contribution < -0.4 is 16.0 Å². The predicted octanol–water partition coefficient (Wildman–Crippen LogP) is 3.63. The van der Waals surface area contributed by atoms with E-state index in [9.17, 15) is 9.59 Å². The molecule has 2 aromatic rings. The molecule has 1 heterocycles. The second-order valence-corrected chi connectivity index (χ2v) is 7.73. The minimum atomic E-state index is -0.245. The van der Waals surface area contributed by atoms with Crippen molar-refractivity contribution in [1.29, 1.82) is 5.26 Å². The number of carbonyl (C=O) groups is 2. The van der Waals surface area contributed by atoms with E-state index in [0.29, 0.717) is 43.6 Å². The van der Waals surface area contributed by atoms with Gasteiger partial charge in [0.25, 0.3) is 5.91 Å². The number of amides is 3. The Hall–Kier alpha value is -3.79. The van der Waals surface area contributed by atoms with Crippen molar-refractivity contribution in [2.75, 3.05) is 25.5 Å². The van der Waals surface area contributed by atoms with Crippen LogP contribution in [0.4, 0.5) is 10.5 Å². The van der Waals surface area contributed by atoms with E-state index in [1.165, 1.54) is 0 Å². The van der Waals surface area contributed by atoms with E-state index in [4.69, 9.17) is 5.26 Å². The number of unbranched alkanes of at least 4 members (excludes halogenated alkanes) is 1. The van der Waals surface area contributed by atoms with Crippen molar-refractivity contribution in [2.24, 2.45) is 5.92 Å². The van der Waals surface area contributed by atoms with Gasteiger partial charge in [-0.25, -0.2) is 4.79 Å². The van der Waals surface area contributed by atoms with Crippen molar-refractivity contribution in [3.05, 3.63) is 77.5 Å². The van der Waals surface area contributed by atoms with Gasteiger partial charge in [0.05, 0.1) is 18.2 Å². The fraction of sp³-hybridized carbons (Fsp3) is 0.320. The molecule has 1 aliphatic heterocycles. The fourth-order valence-electron chi connectivity index (χ4n) is 3.92. The van der Waals surface area contributed by atoms with E-state index in [1.54, 1.807) is 11.9 Å². The Labute approximate surface area is 189 Å². The Morgan fingerprint density at radius 3 is 2.44 bits per heavy atom. The summed E-state index contributed by atoms with van der Waals surface area (Å²) in [5, 5.41) is 18.0. The lowest BCUT2D eigenvalue weighted by Gasteiger charge is -2.36. The van der Waals surface area contributed by atoms with Gasteiger partial charge in [0.2, 0.25) is 0 Å². The summed E-state index contributed by atoms with van der Waals surface area (Å²) in [7, 11) is 1.80. The fourth-order valence-corrected chi connectivity index (χ4v) is 3.92. The summed E-state index contributed by atoms with van der Waals surface area (Å²) in [6, 6.07) is 20.9. The molecule has 1 unspecified atom stereocenters. The zero-order valence-corrected chi connectivity index (χ0v) is 18.3. The Bertz CT molecular complexity index is 982. The summed E-state index contributed by atoms with van der Waals surface area (Å²) in [5.74, 6) is -0.234. The molecule has 166 valence electrons. The number of hydrogen-bond donors (Lipinski definition) is 3. The molecule has 0 radical (unpaired) electrons. The van der Waals surface area contributed by atoms with E-state index in [1.807, 2.05) is 60.7 Å². The highest BCUT2D eigenvalue weighted by Crippen LogP contribution is 2.27. The normalized spacial score (nSPS) is 15.6. The summed E-state index contributed by atoms with van der Waals surface area (Å²) in [6.07, 6.45) is 1.87. The molecular formula is C25H29N5O2. The van der Waals surface area contributed by atoms with Gasteiger partial charge in [-0.2, -0.15) is 5.26 Å². The topological polar surface area (TPSA) is 97.3 Å². The molecule has 3 amide bonds. The van der Waals surface area contributed by atoms with Gasteiger partial charge in [0.1, 0.15) is 0 Å². The molecule has 0 aromatic heterocycles. The summed E-state index contributed by atoms with van der Waals surface area (Å²) in [4.78, 5) is 27.8. The second-order valence-electron chi connectivity index (χ2n) is 7.73. The first-order valence-electron chi connectivity index (χ1n) is 10.8. The van der Waals surface area contributed by atoms with Crippen LogP contribution in [0.2, 0.25) is 0 Å². The number of para-hydroxylation sites is 1. The monoisotopic (exact) mass is 431 g/mol. The number of nitrogens with one attached hydrogen (secondary N) is 3. The number of benzene rings is 2. The quantitative estimate of drug-likeness (QED) is 0.556. The minimum absolute atomic E-state index is 0.0406. The third-order valence-electron chi connectivity index (χ3n) is 5.52.